The third kappa shape index (κ3) is 8.82. The first-order chi connectivity index (χ1) is 32.1. The first-order valence-electron chi connectivity index (χ1n) is 20.9. The van der Waals surface area contributed by atoms with E-state index in [0.717, 1.165) is 23.1 Å². The van der Waals surface area contributed by atoms with Gasteiger partial charge in [-0.3, -0.25) is 0 Å². The number of alkyl halides is 8. The Morgan fingerprint density at radius 1 is 0.544 bits per heavy atom. The highest BCUT2D eigenvalue weighted by Crippen LogP contribution is 2.56. The largest absolute Gasteiger partial charge is 0.416 e. The molecule has 0 N–H and O–H groups in total. The van der Waals surface area contributed by atoms with E-state index in [1.807, 2.05) is 0 Å². The molecule has 0 heterocycles. The minimum absolute atomic E-state index is 0.0758. The standard InChI is InChI=1S/C51H35F15N2/c1-49(68(39-25-38(52)40(53)42(55)41(39)54)32-18-14-30(15-19-32)28-10-6-3-7-11-28)23-22-35(37(26-49)51(64,65)66)34-21-20-33(24-36(34)50(61,62)63)67(48-46(59)44(57)43(56)45(58)47(48)60)31-16-12-29(13-17-31)27-8-4-2-5-9-27/h2-21,24-25,35,37,41-42H,22-23,26H2,1H3. The lowest BCUT2D eigenvalue weighted by molar-refractivity contribution is -0.193. The van der Waals surface area contributed by atoms with Gasteiger partial charge in [-0.25, -0.2) is 39.5 Å². The molecule has 2 nitrogen and oxygen atoms in total. The van der Waals surface area contributed by atoms with Gasteiger partial charge in [-0.15, -0.1) is 0 Å². The smallest absolute Gasteiger partial charge is 0.336 e. The van der Waals surface area contributed by atoms with Gasteiger partial charge in [0.05, 0.1) is 17.2 Å². The zero-order valence-electron chi connectivity index (χ0n) is 35.2. The van der Waals surface area contributed by atoms with Crippen molar-refractivity contribution in [1.29, 1.82) is 0 Å². The van der Waals surface area contributed by atoms with Gasteiger partial charge in [0, 0.05) is 22.6 Å². The van der Waals surface area contributed by atoms with Crippen molar-refractivity contribution < 1.29 is 65.9 Å². The van der Waals surface area contributed by atoms with Gasteiger partial charge in [0.15, 0.2) is 47.3 Å². The van der Waals surface area contributed by atoms with Crippen LogP contribution in [0, 0.1) is 35.0 Å². The fraction of sp³-hybridized carbons (Fsp3) is 0.216. The van der Waals surface area contributed by atoms with E-state index in [0.29, 0.717) is 39.3 Å². The van der Waals surface area contributed by atoms with E-state index >= 15 is 43.9 Å². The summed E-state index contributed by atoms with van der Waals surface area (Å²) in [5, 5.41) is 0. The molecule has 354 valence electrons. The van der Waals surface area contributed by atoms with E-state index < -0.39 is 136 Å². The highest BCUT2D eigenvalue weighted by Gasteiger charge is 2.56. The molecule has 6 aromatic rings. The fourth-order valence-electron chi connectivity index (χ4n) is 9.27. The van der Waals surface area contributed by atoms with Crippen molar-refractivity contribution in [2.75, 3.05) is 9.80 Å². The van der Waals surface area contributed by atoms with E-state index in [4.69, 9.17) is 0 Å². The molecule has 2 aliphatic rings. The van der Waals surface area contributed by atoms with E-state index in [2.05, 4.69) is 0 Å². The molecule has 1 fully saturated rings. The topological polar surface area (TPSA) is 6.48 Å². The molecule has 5 unspecified atom stereocenters. The average molecular weight is 961 g/mol. The van der Waals surface area contributed by atoms with Gasteiger partial charge >= 0.3 is 12.4 Å². The second kappa shape index (κ2) is 18.1. The maximum atomic E-state index is 15.9. The molecule has 0 spiro atoms. The number of hydrogen-bond donors (Lipinski definition) is 0. The Balaban J connectivity index is 1.24. The number of halogens is 15. The van der Waals surface area contributed by atoms with Crippen LogP contribution in [0.15, 0.2) is 151 Å². The van der Waals surface area contributed by atoms with E-state index in [1.54, 1.807) is 60.7 Å². The van der Waals surface area contributed by atoms with Crippen molar-refractivity contribution >= 4 is 22.7 Å². The molecule has 8 rings (SSSR count). The Morgan fingerprint density at radius 2 is 1.01 bits per heavy atom. The van der Waals surface area contributed by atoms with E-state index in [-0.39, 0.29) is 11.8 Å². The molecule has 1 saturated carbocycles. The predicted octanol–water partition coefficient (Wildman–Crippen LogP) is 16.6. The number of anilines is 4. The summed E-state index contributed by atoms with van der Waals surface area (Å²) in [5.74, 6) is -20.9. The molecule has 2 aliphatic carbocycles. The molecule has 0 amide bonds. The lowest BCUT2D eigenvalue weighted by Crippen LogP contribution is -2.55. The van der Waals surface area contributed by atoms with Crippen molar-refractivity contribution in [3.05, 3.63) is 191 Å². The highest BCUT2D eigenvalue weighted by atomic mass is 19.4. The maximum Gasteiger partial charge on any atom is 0.416 e. The minimum atomic E-state index is -5.51. The summed E-state index contributed by atoms with van der Waals surface area (Å²) in [4.78, 5) is 1.24. The Bertz CT molecular complexity index is 2850. The third-order valence-corrected chi connectivity index (χ3v) is 12.5. The van der Waals surface area contributed by atoms with Crippen molar-refractivity contribution in [2.45, 2.75) is 62.3 Å². The van der Waals surface area contributed by atoms with Gasteiger partial charge in [0.1, 0.15) is 5.69 Å². The van der Waals surface area contributed by atoms with Crippen LogP contribution in [-0.4, -0.2) is 24.1 Å². The molecule has 0 saturated heterocycles. The average Bonchev–Trinajstić information content (AvgIpc) is 3.33. The Kier molecular flexibility index (Phi) is 12.7. The molecule has 0 aliphatic heterocycles. The van der Waals surface area contributed by atoms with Gasteiger partial charge < -0.3 is 9.80 Å². The van der Waals surface area contributed by atoms with Crippen LogP contribution in [-0.2, 0) is 6.18 Å². The first kappa shape index (κ1) is 47.8. The molecule has 0 bridgehead atoms. The molecule has 5 atom stereocenters. The number of hydrogen-bond acceptors (Lipinski definition) is 2. The minimum Gasteiger partial charge on any atom is -0.336 e. The van der Waals surface area contributed by atoms with E-state index in [9.17, 15) is 22.0 Å². The molecule has 0 aromatic heterocycles. The van der Waals surface area contributed by atoms with Crippen molar-refractivity contribution in [3.63, 3.8) is 0 Å². The van der Waals surface area contributed by atoms with Crippen LogP contribution in [0.2, 0.25) is 0 Å². The van der Waals surface area contributed by atoms with Crippen LogP contribution in [0.4, 0.5) is 88.6 Å². The molecule has 6 aromatic carbocycles. The van der Waals surface area contributed by atoms with Crippen molar-refractivity contribution in [2.24, 2.45) is 5.92 Å². The molecule has 68 heavy (non-hydrogen) atoms. The summed E-state index contributed by atoms with van der Waals surface area (Å²) in [6, 6.07) is 29.4. The number of benzene rings is 6. The number of allylic oxidation sites excluding steroid dienone is 4. The fourth-order valence-corrected chi connectivity index (χ4v) is 9.27. The van der Waals surface area contributed by atoms with Crippen molar-refractivity contribution in [1.82, 2.24) is 0 Å². The highest BCUT2D eigenvalue weighted by molar-refractivity contribution is 5.80. The molecule has 0 radical (unpaired) electrons. The van der Waals surface area contributed by atoms with Crippen molar-refractivity contribution in [3.8, 4) is 22.3 Å². The lowest BCUT2D eigenvalue weighted by Gasteiger charge is -2.52. The van der Waals surface area contributed by atoms with Gasteiger partial charge in [-0.1, -0.05) is 91.0 Å². The third-order valence-electron chi connectivity index (χ3n) is 12.5. The Hall–Kier alpha value is -6.65. The van der Waals surface area contributed by atoms with Gasteiger partial charge in [-0.2, -0.15) is 26.3 Å². The van der Waals surface area contributed by atoms with Crippen LogP contribution in [0.1, 0.15) is 43.2 Å². The van der Waals surface area contributed by atoms with Crippen LogP contribution < -0.4 is 9.80 Å². The summed E-state index contributed by atoms with van der Waals surface area (Å²) in [6.07, 6.45) is -18.9. The summed E-state index contributed by atoms with van der Waals surface area (Å²) >= 11 is 0. The Labute approximate surface area is 379 Å². The Morgan fingerprint density at radius 3 is 1.51 bits per heavy atom. The molecule has 17 heteroatoms. The second-order valence-electron chi connectivity index (χ2n) is 16.7. The number of rotatable bonds is 9. The van der Waals surface area contributed by atoms with Crippen LogP contribution >= 0.6 is 0 Å². The van der Waals surface area contributed by atoms with Crippen LogP contribution in [0.5, 0.6) is 0 Å². The molecular weight excluding hydrogens is 926 g/mol. The van der Waals surface area contributed by atoms with Gasteiger partial charge in [0.2, 0.25) is 5.82 Å². The summed E-state index contributed by atoms with van der Waals surface area (Å²) in [5.41, 5.74) is -6.21. The van der Waals surface area contributed by atoms with Gasteiger partial charge in [0.25, 0.3) is 0 Å². The zero-order chi connectivity index (χ0) is 49.0. The normalized spacial score (nSPS) is 21.1. The zero-order valence-corrected chi connectivity index (χ0v) is 35.2. The van der Waals surface area contributed by atoms with Crippen LogP contribution in [0.3, 0.4) is 0 Å². The lowest BCUT2D eigenvalue weighted by atomic mass is 9.66. The van der Waals surface area contributed by atoms with Crippen LogP contribution in [0.25, 0.3) is 22.3 Å². The second-order valence-corrected chi connectivity index (χ2v) is 16.7. The first-order valence-corrected chi connectivity index (χ1v) is 20.9. The summed E-state index contributed by atoms with van der Waals surface area (Å²) in [7, 11) is 0. The quantitative estimate of drug-likeness (QED) is 0.0809. The maximum absolute atomic E-state index is 15.9. The summed E-state index contributed by atoms with van der Waals surface area (Å²) in [6.45, 7) is 1.21. The van der Waals surface area contributed by atoms with Gasteiger partial charge in [-0.05, 0) is 102 Å². The van der Waals surface area contributed by atoms with E-state index in [1.165, 1.54) is 43.3 Å². The predicted molar refractivity (Wildman–Crippen MR) is 227 cm³/mol. The summed E-state index contributed by atoms with van der Waals surface area (Å²) < 4.78 is 228. The SMILES string of the molecule is CC1(N(C2=CC(F)=C(F)C(F)C2F)c2ccc(-c3ccccc3)cc2)CCC(c2ccc(N(c3ccc(-c4ccccc4)cc3)c3c(F)c(F)c(F)c(F)c3F)cc2C(F)(F)F)C(C(F)(F)F)C1. The molecular formula is C51H35F15N2. The number of nitrogens with zero attached hydrogens (tertiary/aromatic N) is 2. The monoisotopic (exact) mass is 960 g/mol.